The van der Waals surface area contributed by atoms with Crippen LogP contribution in [0.2, 0.25) is 0 Å². The number of fused-ring (bicyclic) bond motifs is 2. The number of aryl methyl sites for hydroxylation is 2. The lowest BCUT2D eigenvalue weighted by Gasteiger charge is -2.09. The Hall–Kier alpha value is -5.30. The summed E-state index contributed by atoms with van der Waals surface area (Å²) in [7, 11) is 2.90. The molecule has 46 heavy (non-hydrogen) atoms. The number of hydrogen-bond donors (Lipinski definition) is 2. The Bertz CT molecular complexity index is 2000. The van der Waals surface area contributed by atoms with E-state index in [0.29, 0.717) is 58.4 Å². The summed E-state index contributed by atoms with van der Waals surface area (Å²) < 4.78 is 14.7. The quantitative estimate of drug-likeness (QED) is 0.102. The van der Waals surface area contributed by atoms with Gasteiger partial charge in [-0.1, -0.05) is 12.2 Å². The maximum absolute atomic E-state index is 13.3. The zero-order valence-corrected chi connectivity index (χ0v) is 26.8. The Morgan fingerprint density at radius 2 is 1.85 bits per heavy atom. The van der Waals surface area contributed by atoms with Crippen molar-refractivity contribution in [3.8, 4) is 5.75 Å². The van der Waals surface area contributed by atoms with E-state index in [-0.39, 0.29) is 24.5 Å². The highest BCUT2D eigenvalue weighted by Crippen LogP contribution is 2.33. The van der Waals surface area contributed by atoms with Gasteiger partial charge < -0.3 is 19.8 Å². The number of primary amides is 1. The molecule has 3 aromatic heterocycles. The van der Waals surface area contributed by atoms with Crippen molar-refractivity contribution in [2.75, 3.05) is 19.5 Å². The lowest BCUT2D eigenvalue weighted by atomic mass is 10.1. The van der Waals surface area contributed by atoms with E-state index in [0.717, 1.165) is 21.3 Å². The number of methoxy groups -OCH3 is 2. The maximum Gasteiger partial charge on any atom is 0.305 e. The summed E-state index contributed by atoms with van der Waals surface area (Å²) >= 11 is 1.38. The molecule has 12 nitrogen and oxygen atoms in total. The van der Waals surface area contributed by atoms with Crippen molar-refractivity contribution < 1.29 is 28.7 Å². The molecule has 13 heteroatoms. The number of allylic oxidation sites excluding steroid dienone is 2. The van der Waals surface area contributed by atoms with Gasteiger partial charge in [0.2, 0.25) is 11.9 Å². The Morgan fingerprint density at radius 1 is 1.04 bits per heavy atom. The number of nitrogens with one attached hydrogen (secondary N) is 1. The van der Waals surface area contributed by atoms with Crippen molar-refractivity contribution in [3.63, 3.8) is 0 Å². The minimum atomic E-state index is -0.571. The van der Waals surface area contributed by atoms with E-state index < -0.39 is 11.9 Å². The number of aromatic nitrogens is 4. The fourth-order valence-corrected chi connectivity index (χ4v) is 6.20. The number of nitrogens with zero attached hydrogens (tertiary/aromatic N) is 4. The average molecular weight is 643 g/mol. The Kier molecular flexibility index (Phi) is 9.61. The van der Waals surface area contributed by atoms with Gasteiger partial charge in [-0.05, 0) is 73.7 Å². The van der Waals surface area contributed by atoms with Crippen LogP contribution in [0.5, 0.6) is 5.75 Å². The molecule has 0 spiro atoms. The van der Waals surface area contributed by atoms with Gasteiger partial charge in [-0.3, -0.25) is 29.2 Å². The molecule has 0 atom stereocenters. The number of rotatable bonds is 13. The first-order valence-corrected chi connectivity index (χ1v) is 15.4. The SMILES string of the molecule is CCn1nc(C)cc1C(=O)Nc1nc2cc(C(N)=O)ccc2n1C/C=C/Cc1cc2sc(C(=O)CCC(=O)OC)cc2cc1OC. The number of carbonyl (C=O) groups excluding carboxylic acids is 4. The zero-order chi connectivity index (χ0) is 33.0. The van der Waals surface area contributed by atoms with Gasteiger partial charge in [0.05, 0.1) is 42.2 Å². The molecule has 0 aliphatic rings. The first-order chi connectivity index (χ1) is 22.1. The lowest BCUT2D eigenvalue weighted by Crippen LogP contribution is -2.19. The molecule has 0 radical (unpaired) electrons. The first-order valence-electron chi connectivity index (χ1n) is 14.6. The predicted molar refractivity (Wildman–Crippen MR) is 176 cm³/mol. The Morgan fingerprint density at radius 3 is 2.57 bits per heavy atom. The number of amides is 2. The molecule has 0 saturated carbocycles. The summed E-state index contributed by atoms with van der Waals surface area (Å²) in [5, 5.41) is 8.16. The van der Waals surface area contributed by atoms with Crippen LogP contribution < -0.4 is 15.8 Å². The zero-order valence-electron chi connectivity index (χ0n) is 26.0. The molecule has 2 aromatic carbocycles. The summed E-state index contributed by atoms with van der Waals surface area (Å²) in [5.41, 5.74) is 9.11. The van der Waals surface area contributed by atoms with Crippen molar-refractivity contribution in [1.29, 1.82) is 0 Å². The molecule has 5 aromatic rings. The minimum Gasteiger partial charge on any atom is -0.496 e. The maximum atomic E-state index is 13.3. The lowest BCUT2D eigenvalue weighted by molar-refractivity contribution is -0.140. The summed E-state index contributed by atoms with van der Waals surface area (Å²) in [4.78, 5) is 54.4. The van der Waals surface area contributed by atoms with Gasteiger partial charge in [0.15, 0.2) is 5.78 Å². The number of anilines is 1. The van der Waals surface area contributed by atoms with Crippen molar-refractivity contribution in [2.24, 2.45) is 5.73 Å². The molecule has 0 aliphatic heterocycles. The van der Waals surface area contributed by atoms with E-state index in [2.05, 4.69) is 20.1 Å². The van der Waals surface area contributed by atoms with Gasteiger partial charge >= 0.3 is 5.97 Å². The molecule has 5 rings (SSSR count). The highest BCUT2D eigenvalue weighted by Gasteiger charge is 2.19. The van der Waals surface area contributed by atoms with Crippen molar-refractivity contribution >= 4 is 62.0 Å². The highest BCUT2D eigenvalue weighted by atomic mass is 32.1. The smallest absolute Gasteiger partial charge is 0.305 e. The van der Waals surface area contributed by atoms with Gasteiger partial charge in [0.25, 0.3) is 5.91 Å². The standard InChI is InChI=1S/C33H34N6O6S/c1-5-39-25(14-19(2)37-39)32(43)36-33-35-23-15-21(31(34)42)9-10-24(23)38(33)13-7-6-8-20-17-28-22(16-27(20)44-3)18-29(46-28)26(40)11-12-30(41)45-4/h6-7,9-10,14-18H,5,8,11-13H2,1-4H3,(H2,34,42)(H,35,36,43)/b7-6+. The summed E-state index contributed by atoms with van der Waals surface area (Å²) in [6.45, 7) is 4.64. The first kappa shape index (κ1) is 32.1. The summed E-state index contributed by atoms with van der Waals surface area (Å²) in [6, 6.07) is 12.4. The van der Waals surface area contributed by atoms with Crippen LogP contribution in [0, 0.1) is 6.92 Å². The Labute approximate surface area is 268 Å². The topological polar surface area (TPSA) is 160 Å². The molecule has 0 aliphatic carbocycles. The van der Waals surface area contributed by atoms with Crippen LogP contribution in [0.25, 0.3) is 21.1 Å². The third-order valence-corrected chi connectivity index (χ3v) is 8.60. The molecule has 0 fully saturated rings. The highest BCUT2D eigenvalue weighted by molar-refractivity contribution is 7.20. The number of carbonyl (C=O) groups is 4. The van der Waals surface area contributed by atoms with Crippen LogP contribution in [-0.4, -0.2) is 57.1 Å². The normalized spacial score (nSPS) is 11.4. The van der Waals surface area contributed by atoms with Gasteiger partial charge in [-0.2, -0.15) is 5.10 Å². The Balaban J connectivity index is 1.38. The molecule has 0 saturated heterocycles. The van der Waals surface area contributed by atoms with Crippen molar-refractivity contribution in [1.82, 2.24) is 19.3 Å². The van der Waals surface area contributed by atoms with Crippen LogP contribution in [0.4, 0.5) is 5.95 Å². The number of ether oxygens (including phenoxy) is 2. The number of benzene rings is 2. The van der Waals surface area contributed by atoms with Crippen LogP contribution in [-0.2, 0) is 29.0 Å². The van der Waals surface area contributed by atoms with Gasteiger partial charge in [0.1, 0.15) is 11.4 Å². The fourth-order valence-electron chi connectivity index (χ4n) is 5.12. The average Bonchev–Trinajstić information content (AvgIpc) is 3.74. The molecule has 0 unspecified atom stereocenters. The van der Waals surface area contributed by atoms with E-state index >= 15 is 0 Å². The van der Waals surface area contributed by atoms with Crippen LogP contribution in [0.15, 0.2) is 54.6 Å². The second kappa shape index (κ2) is 13.8. The number of thiophene rings is 1. The molecule has 3 heterocycles. The molecule has 238 valence electrons. The molecular formula is C33H34N6O6S. The number of imidazole rings is 1. The fraction of sp³-hybridized carbons (Fsp3) is 0.273. The molecule has 0 bridgehead atoms. The van der Waals surface area contributed by atoms with Gasteiger partial charge in [-0.15, -0.1) is 11.3 Å². The number of nitrogens with two attached hydrogens (primary N) is 1. The van der Waals surface area contributed by atoms with Gasteiger partial charge in [0, 0.05) is 29.8 Å². The summed E-state index contributed by atoms with van der Waals surface area (Å²) in [5.74, 6) is -0.451. The van der Waals surface area contributed by atoms with Gasteiger partial charge in [-0.25, -0.2) is 4.98 Å². The van der Waals surface area contributed by atoms with Crippen LogP contribution >= 0.6 is 11.3 Å². The van der Waals surface area contributed by atoms with E-state index in [1.807, 2.05) is 48.8 Å². The van der Waals surface area contributed by atoms with E-state index in [1.54, 1.807) is 36.1 Å². The second-order valence-electron chi connectivity index (χ2n) is 10.5. The third-order valence-electron chi connectivity index (χ3n) is 7.46. The predicted octanol–water partition coefficient (Wildman–Crippen LogP) is 5.07. The minimum absolute atomic E-state index is 0.0377. The van der Waals surface area contributed by atoms with E-state index in [1.165, 1.54) is 18.4 Å². The molecule has 2 amide bonds. The number of ketones is 1. The van der Waals surface area contributed by atoms with Crippen LogP contribution in [0.3, 0.4) is 0 Å². The van der Waals surface area contributed by atoms with Crippen molar-refractivity contribution in [3.05, 3.63) is 82.0 Å². The summed E-state index contributed by atoms with van der Waals surface area (Å²) in [6.07, 6.45) is 4.61. The number of esters is 1. The van der Waals surface area contributed by atoms with Crippen LogP contribution in [0.1, 0.15) is 61.5 Å². The largest absolute Gasteiger partial charge is 0.496 e. The van der Waals surface area contributed by atoms with Crippen molar-refractivity contribution in [2.45, 2.75) is 46.2 Å². The second-order valence-corrected chi connectivity index (χ2v) is 11.6. The monoisotopic (exact) mass is 642 g/mol. The third kappa shape index (κ3) is 6.84. The van der Waals surface area contributed by atoms with E-state index in [9.17, 15) is 19.2 Å². The number of Topliss-reactive ketones (excluding diaryl/α,β-unsaturated/α-hetero) is 1. The molecular weight excluding hydrogens is 608 g/mol. The van der Waals surface area contributed by atoms with E-state index in [4.69, 9.17) is 10.5 Å². The number of hydrogen-bond acceptors (Lipinski definition) is 9. The molecule has 3 N–H and O–H groups in total.